The number of phenolic OH excluding ortho intramolecular Hbond substituents is 1. The minimum absolute atomic E-state index is 0.140. The van der Waals surface area contributed by atoms with Crippen molar-refractivity contribution in [3.05, 3.63) is 48.1 Å². The summed E-state index contributed by atoms with van der Waals surface area (Å²) in [6, 6.07) is 6.65. The normalized spacial score (nSPS) is 19.3. The zero-order valence-corrected chi connectivity index (χ0v) is 13.9. The molecule has 1 aliphatic carbocycles. The highest BCUT2D eigenvalue weighted by Gasteiger charge is 2.28. The molecule has 0 bridgehead atoms. The van der Waals surface area contributed by atoms with E-state index >= 15 is 0 Å². The maximum Gasteiger partial charge on any atom is 0.252 e. The average Bonchev–Trinajstić information content (AvgIpc) is 3.05. The number of allylic oxidation sites excluding steroid dienone is 4. The van der Waals surface area contributed by atoms with Crippen molar-refractivity contribution in [3.8, 4) is 5.75 Å². The van der Waals surface area contributed by atoms with Crippen molar-refractivity contribution < 1.29 is 14.3 Å². The molecule has 2 aliphatic rings. The maximum absolute atomic E-state index is 13.1. The van der Waals surface area contributed by atoms with Gasteiger partial charge in [0.2, 0.25) is 5.95 Å². The van der Waals surface area contributed by atoms with E-state index in [2.05, 4.69) is 20.7 Å². The van der Waals surface area contributed by atoms with E-state index in [4.69, 9.17) is 0 Å². The minimum Gasteiger partial charge on any atom is -0.508 e. The summed E-state index contributed by atoms with van der Waals surface area (Å²) in [4.78, 5) is 16.8. The number of aromatic hydroxyl groups is 1. The first kappa shape index (κ1) is 16.3. The molecule has 0 saturated heterocycles. The average molecular weight is 355 g/mol. The number of halogens is 1. The van der Waals surface area contributed by atoms with Crippen LogP contribution in [0.15, 0.2) is 42.2 Å². The van der Waals surface area contributed by atoms with Crippen molar-refractivity contribution >= 4 is 23.1 Å². The zero-order valence-electron chi connectivity index (χ0n) is 13.9. The molecule has 3 N–H and O–H groups in total. The van der Waals surface area contributed by atoms with Gasteiger partial charge in [0.1, 0.15) is 11.6 Å². The summed E-state index contributed by atoms with van der Waals surface area (Å²) in [6.45, 7) is 0.494. The molecule has 0 amide bonds. The summed E-state index contributed by atoms with van der Waals surface area (Å²) in [6.07, 6.45) is 4.19. The van der Waals surface area contributed by atoms with Crippen LogP contribution in [0.4, 0.5) is 16.0 Å². The lowest BCUT2D eigenvalue weighted by Gasteiger charge is -2.23. The highest BCUT2D eigenvalue weighted by Crippen LogP contribution is 2.27. The fraction of sp³-hybridized carbons (Fsp3) is 0.278. The Kier molecular flexibility index (Phi) is 4.16. The molecule has 1 atom stereocenters. The predicted octanol–water partition coefficient (Wildman–Crippen LogP) is 2.95. The van der Waals surface area contributed by atoms with Crippen molar-refractivity contribution in [2.24, 2.45) is 0 Å². The van der Waals surface area contributed by atoms with E-state index in [0.717, 1.165) is 11.3 Å². The summed E-state index contributed by atoms with van der Waals surface area (Å²) in [5.41, 5.74) is 1.59. The Morgan fingerprint density at radius 3 is 3.00 bits per heavy atom. The van der Waals surface area contributed by atoms with Crippen LogP contribution in [0.2, 0.25) is 0 Å². The van der Waals surface area contributed by atoms with Gasteiger partial charge in [0.25, 0.3) is 5.91 Å². The third-order valence-electron chi connectivity index (χ3n) is 4.38. The number of nitrogens with one attached hydrogen (secondary N) is 2. The lowest BCUT2D eigenvalue weighted by atomic mass is 10.0. The quantitative estimate of drug-likeness (QED) is 0.781. The van der Waals surface area contributed by atoms with Gasteiger partial charge >= 0.3 is 0 Å². The number of rotatable bonds is 4. The Morgan fingerprint density at radius 2 is 2.23 bits per heavy atom. The molecular weight excluding hydrogens is 337 g/mol. The number of carbonyl (C=O) groups excluding carboxylic acids is 1. The number of anilines is 2. The summed E-state index contributed by atoms with van der Waals surface area (Å²) < 4.78 is 14.4. The molecule has 8 heteroatoms. The van der Waals surface area contributed by atoms with Crippen LogP contribution in [-0.4, -0.2) is 38.4 Å². The molecule has 1 aromatic heterocycles. The molecule has 0 spiro atoms. The van der Waals surface area contributed by atoms with E-state index < -0.39 is 0 Å². The third-order valence-corrected chi connectivity index (χ3v) is 4.38. The lowest BCUT2D eigenvalue weighted by molar-refractivity contribution is 0.0873. The molecule has 1 unspecified atom stereocenters. The molecule has 7 nitrogen and oxygen atoms in total. The summed E-state index contributed by atoms with van der Waals surface area (Å²) >= 11 is 0. The number of nitrogens with zero attached hydrogens (tertiary/aromatic N) is 3. The summed E-state index contributed by atoms with van der Waals surface area (Å²) in [5, 5.41) is 20.2. The van der Waals surface area contributed by atoms with Gasteiger partial charge in [-0.1, -0.05) is 12.1 Å². The van der Waals surface area contributed by atoms with Gasteiger partial charge in [-0.05, 0) is 30.2 Å². The highest BCUT2D eigenvalue weighted by molar-refractivity contribution is 5.84. The number of hydrogen-bond donors (Lipinski definition) is 3. The van der Waals surface area contributed by atoms with Gasteiger partial charge in [0.15, 0.2) is 5.82 Å². The molecule has 26 heavy (non-hydrogen) atoms. The van der Waals surface area contributed by atoms with E-state index in [1.807, 2.05) is 6.07 Å². The Labute approximate surface area is 149 Å². The number of benzene rings is 1. The summed E-state index contributed by atoms with van der Waals surface area (Å²) in [7, 11) is 0. The van der Waals surface area contributed by atoms with Crippen LogP contribution in [0.25, 0.3) is 5.57 Å². The van der Waals surface area contributed by atoms with Gasteiger partial charge in [-0.15, -0.1) is 5.10 Å². The molecule has 134 valence electrons. The fourth-order valence-electron chi connectivity index (χ4n) is 3.02. The number of carbonyl (C=O) groups is 1. The van der Waals surface area contributed by atoms with Crippen LogP contribution in [0.1, 0.15) is 29.9 Å². The van der Waals surface area contributed by atoms with Gasteiger partial charge < -0.3 is 15.7 Å². The number of aromatic nitrogens is 3. The van der Waals surface area contributed by atoms with Crippen molar-refractivity contribution in [2.45, 2.75) is 25.3 Å². The molecule has 0 fully saturated rings. The first-order chi connectivity index (χ1) is 12.6. The van der Waals surface area contributed by atoms with Gasteiger partial charge in [-0.25, -0.2) is 4.39 Å². The Balaban J connectivity index is 1.47. The Morgan fingerprint density at radius 1 is 1.35 bits per heavy atom. The largest absolute Gasteiger partial charge is 0.508 e. The third kappa shape index (κ3) is 3.30. The van der Waals surface area contributed by atoms with E-state index in [-0.39, 0.29) is 29.9 Å². The van der Waals surface area contributed by atoms with Crippen LogP contribution in [0.5, 0.6) is 5.75 Å². The van der Waals surface area contributed by atoms with Crippen molar-refractivity contribution in [1.29, 1.82) is 0 Å². The smallest absolute Gasteiger partial charge is 0.252 e. The van der Waals surface area contributed by atoms with Crippen LogP contribution in [0.3, 0.4) is 0 Å². The molecule has 4 rings (SSSR count). The Hall–Kier alpha value is -3.16. The van der Waals surface area contributed by atoms with E-state index in [1.165, 1.54) is 10.8 Å². The van der Waals surface area contributed by atoms with Crippen molar-refractivity contribution in [2.75, 3.05) is 17.2 Å². The fourth-order valence-corrected chi connectivity index (χ4v) is 3.02. The van der Waals surface area contributed by atoms with Crippen LogP contribution in [-0.2, 0) is 0 Å². The van der Waals surface area contributed by atoms with Crippen molar-refractivity contribution in [1.82, 2.24) is 14.8 Å². The van der Waals surface area contributed by atoms with Crippen LogP contribution >= 0.6 is 0 Å². The predicted molar refractivity (Wildman–Crippen MR) is 95.7 cm³/mol. The molecule has 0 saturated carbocycles. The second-order valence-electron chi connectivity index (χ2n) is 6.35. The zero-order chi connectivity index (χ0) is 18.1. The SMILES string of the molecule is O=C1CC(CNc2cccc(O)c2)Nc2nc(C3=CC=C(F)CC3)nn21. The standard InChI is InChI=1S/C18H18FN5O2/c19-12-6-4-11(5-7-12)17-22-18-21-14(9-16(26)24(18)23-17)10-20-13-2-1-3-15(25)8-13/h1-4,6,8,14,20,25H,5,7,9-10H2,(H,21,22,23). The van der Waals surface area contributed by atoms with Crippen LogP contribution in [0, 0.1) is 0 Å². The molecule has 1 aromatic carbocycles. The molecule has 2 aromatic rings. The van der Waals surface area contributed by atoms with E-state index in [1.54, 1.807) is 24.3 Å². The van der Waals surface area contributed by atoms with E-state index in [0.29, 0.717) is 31.2 Å². The molecule has 2 heterocycles. The monoisotopic (exact) mass is 355 g/mol. The van der Waals surface area contributed by atoms with Crippen LogP contribution < -0.4 is 10.6 Å². The second kappa shape index (κ2) is 6.62. The summed E-state index contributed by atoms with van der Waals surface area (Å²) in [5.74, 6) is 0.725. The van der Waals surface area contributed by atoms with Gasteiger partial charge in [-0.2, -0.15) is 9.67 Å². The number of hydrogen-bond acceptors (Lipinski definition) is 6. The number of fused-ring (bicyclic) bond motifs is 1. The van der Waals surface area contributed by atoms with Gasteiger partial charge in [0, 0.05) is 24.7 Å². The molecular formula is C18H18FN5O2. The van der Waals surface area contributed by atoms with E-state index in [9.17, 15) is 14.3 Å². The first-order valence-corrected chi connectivity index (χ1v) is 8.44. The lowest BCUT2D eigenvalue weighted by Crippen LogP contribution is -2.38. The van der Waals surface area contributed by atoms with Crippen molar-refractivity contribution in [3.63, 3.8) is 0 Å². The first-order valence-electron chi connectivity index (χ1n) is 8.44. The Bertz CT molecular complexity index is 918. The second-order valence-corrected chi connectivity index (χ2v) is 6.35. The van der Waals surface area contributed by atoms with Gasteiger partial charge in [0.05, 0.1) is 12.5 Å². The highest BCUT2D eigenvalue weighted by atomic mass is 19.1. The molecule has 0 radical (unpaired) electrons. The molecule has 1 aliphatic heterocycles. The maximum atomic E-state index is 13.1. The topological polar surface area (TPSA) is 92.1 Å². The minimum atomic E-state index is -0.162. The number of phenols is 1. The van der Waals surface area contributed by atoms with Gasteiger partial charge in [-0.3, -0.25) is 4.79 Å².